The normalized spacial score (nSPS) is 30.6. The second-order valence-corrected chi connectivity index (χ2v) is 10.5. The molecule has 35 heavy (non-hydrogen) atoms. The van der Waals surface area contributed by atoms with Crippen molar-refractivity contribution >= 4 is 29.2 Å². The van der Waals surface area contributed by atoms with Gasteiger partial charge < -0.3 is 19.1 Å². The van der Waals surface area contributed by atoms with Gasteiger partial charge in [0, 0.05) is 26.8 Å². The maximum atomic E-state index is 13.1. The summed E-state index contributed by atoms with van der Waals surface area (Å²) in [5.74, 6) is 0.591. The molecule has 1 aromatic carbocycles. The summed E-state index contributed by atoms with van der Waals surface area (Å²) in [5, 5.41) is 0.421. The van der Waals surface area contributed by atoms with Crippen molar-refractivity contribution in [3.05, 3.63) is 46.5 Å². The maximum absolute atomic E-state index is 13.1. The molecule has 0 N–H and O–H groups in total. The summed E-state index contributed by atoms with van der Waals surface area (Å²) in [5.41, 5.74) is 2.44. The molecule has 2 heterocycles. The van der Waals surface area contributed by atoms with Gasteiger partial charge in [-0.25, -0.2) is 0 Å². The summed E-state index contributed by atoms with van der Waals surface area (Å²) in [6, 6.07) is 3.89. The van der Waals surface area contributed by atoms with Crippen molar-refractivity contribution in [2.75, 3.05) is 19.1 Å². The molecular formula is C28H38ClNO5. The number of allylic oxidation sites excluding steroid dienone is 4. The third-order valence-electron chi connectivity index (χ3n) is 6.92. The molecule has 4 atom stereocenters. The smallest absolute Gasteiger partial charge is 0.302 e. The number of hydrogen-bond donors (Lipinski definition) is 0. The van der Waals surface area contributed by atoms with Crippen molar-refractivity contribution in [1.82, 2.24) is 0 Å². The first kappa shape index (κ1) is 27.3. The van der Waals surface area contributed by atoms with E-state index in [2.05, 4.69) is 32.1 Å². The Morgan fingerprint density at radius 2 is 2.03 bits per heavy atom. The molecule has 0 aromatic heterocycles. The lowest BCUT2D eigenvalue weighted by Gasteiger charge is -2.22. The molecule has 1 aromatic rings. The summed E-state index contributed by atoms with van der Waals surface area (Å²) in [4.78, 5) is 26.4. The van der Waals surface area contributed by atoms with Gasteiger partial charge in [-0.15, -0.1) is 0 Å². The van der Waals surface area contributed by atoms with E-state index in [1.807, 2.05) is 19.1 Å². The molecule has 7 heteroatoms. The zero-order chi connectivity index (χ0) is 25.8. The van der Waals surface area contributed by atoms with E-state index in [-0.39, 0.29) is 24.1 Å². The SMILES string of the molecule is COc1cc2cc(c1Cl)N(C)C(=O)CC[C@]1(C)O[C@H]1C[C@@H](OC(C)=O)CC(C)C/C=C/C=C(\C)C2. The molecular weight excluding hydrogens is 466 g/mol. The first-order valence-electron chi connectivity index (χ1n) is 12.3. The highest BCUT2D eigenvalue weighted by Crippen LogP contribution is 2.44. The first-order chi connectivity index (χ1) is 16.5. The number of anilines is 1. The molecule has 1 fully saturated rings. The van der Waals surface area contributed by atoms with Gasteiger partial charge in [-0.05, 0) is 63.1 Å². The monoisotopic (exact) mass is 503 g/mol. The Bertz CT molecular complexity index is 1000. The predicted octanol–water partition coefficient (Wildman–Crippen LogP) is 6.05. The van der Waals surface area contributed by atoms with Crippen LogP contribution in [0.1, 0.15) is 65.4 Å². The van der Waals surface area contributed by atoms with Gasteiger partial charge in [-0.1, -0.05) is 42.3 Å². The number of methoxy groups -OCH3 is 1. The number of halogens is 1. The lowest BCUT2D eigenvalue weighted by Crippen LogP contribution is -2.28. The Kier molecular flexibility index (Phi) is 9.05. The van der Waals surface area contributed by atoms with Gasteiger partial charge in [0.05, 0.1) is 24.5 Å². The summed E-state index contributed by atoms with van der Waals surface area (Å²) in [7, 11) is 3.32. The minimum Gasteiger partial charge on any atom is -0.495 e. The van der Waals surface area contributed by atoms with Crippen molar-refractivity contribution in [3.63, 3.8) is 0 Å². The lowest BCUT2D eigenvalue weighted by molar-refractivity contribution is -0.147. The molecule has 2 bridgehead atoms. The summed E-state index contributed by atoms with van der Waals surface area (Å²) in [6.07, 6.45) is 10.0. The van der Waals surface area contributed by atoms with Crippen LogP contribution in [0.4, 0.5) is 5.69 Å². The van der Waals surface area contributed by atoms with Crippen LogP contribution in [0.5, 0.6) is 5.75 Å². The molecule has 0 spiro atoms. The number of esters is 1. The Morgan fingerprint density at radius 3 is 2.71 bits per heavy atom. The highest BCUT2D eigenvalue weighted by molar-refractivity contribution is 6.35. The largest absolute Gasteiger partial charge is 0.495 e. The molecule has 2 aliphatic heterocycles. The first-order valence-corrected chi connectivity index (χ1v) is 12.7. The molecule has 192 valence electrons. The highest BCUT2D eigenvalue weighted by Gasteiger charge is 2.52. The van der Waals surface area contributed by atoms with E-state index in [1.165, 1.54) is 12.5 Å². The molecule has 0 radical (unpaired) electrons. The van der Waals surface area contributed by atoms with Crippen LogP contribution in [-0.2, 0) is 25.5 Å². The highest BCUT2D eigenvalue weighted by atomic mass is 35.5. The third-order valence-corrected chi connectivity index (χ3v) is 7.30. The van der Waals surface area contributed by atoms with E-state index >= 15 is 0 Å². The van der Waals surface area contributed by atoms with E-state index in [1.54, 1.807) is 19.1 Å². The molecule has 1 amide bonds. The van der Waals surface area contributed by atoms with Crippen LogP contribution < -0.4 is 9.64 Å². The minimum absolute atomic E-state index is 0.0348. The van der Waals surface area contributed by atoms with E-state index in [9.17, 15) is 9.59 Å². The van der Waals surface area contributed by atoms with Crippen molar-refractivity contribution in [2.45, 2.75) is 84.0 Å². The quantitative estimate of drug-likeness (QED) is 0.363. The fraction of sp³-hybridized carbons (Fsp3) is 0.571. The Balaban J connectivity index is 1.88. The molecule has 3 rings (SSSR count). The number of rotatable bonds is 2. The van der Waals surface area contributed by atoms with Gasteiger partial charge >= 0.3 is 5.97 Å². The van der Waals surface area contributed by atoms with Crippen LogP contribution in [0.25, 0.3) is 0 Å². The summed E-state index contributed by atoms with van der Waals surface area (Å²) in [6.45, 7) is 7.72. The number of hydrogen-bond acceptors (Lipinski definition) is 5. The number of epoxide rings is 1. The number of amides is 1. The summed E-state index contributed by atoms with van der Waals surface area (Å²) < 4.78 is 17.1. The minimum atomic E-state index is -0.397. The van der Waals surface area contributed by atoms with E-state index in [0.717, 1.165) is 18.4 Å². The second-order valence-electron chi connectivity index (χ2n) is 10.2. The molecule has 1 saturated heterocycles. The third kappa shape index (κ3) is 7.34. The topological polar surface area (TPSA) is 68.4 Å². The molecule has 6 nitrogen and oxygen atoms in total. The van der Waals surface area contributed by atoms with E-state index < -0.39 is 5.60 Å². The maximum Gasteiger partial charge on any atom is 0.302 e. The van der Waals surface area contributed by atoms with Crippen LogP contribution in [0.2, 0.25) is 5.02 Å². The van der Waals surface area contributed by atoms with Crippen LogP contribution in [0.3, 0.4) is 0 Å². The lowest BCUT2D eigenvalue weighted by atomic mass is 9.92. The standard InChI is InChI=1S/C28H38ClNO5/c1-18-9-7-8-10-19(2)14-22(34-20(3)31)17-25-28(4,35-25)12-11-26(32)30(5)23-15-21(13-18)16-24(33-6)27(23)29/h7-9,15-16,19,22,25H,10-14,17H2,1-6H3/b8-7+,18-9+/t19?,22-,25-,28-/m0/s1. The number of benzene rings is 1. The van der Waals surface area contributed by atoms with Gasteiger partial charge in [0.1, 0.15) is 16.9 Å². The zero-order valence-electron chi connectivity index (χ0n) is 21.7. The second kappa shape index (κ2) is 11.6. The van der Waals surface area contributed by atoms with Gasteiger partial charge in [-0.2, -0.15) is 0 Å². The van der Waals surface area contributed by atoms with Crippen LogP contribution in [-0.4, -0.2) is 43.8 Å². The average molecular weight is 504 g/mol. The number of ether oxygens (including phenoxy) is 3. The Labute approximate surface area is 214 Å². The zero-order valence-corrected chi connectivity index (χ0v) is 22.5. The van der Waals surface area contributed by atoms with Crippen LogP contribution in [0.15, 0.2) is 35.9 Å². The molecule has 0 aliphatic carbocycles. The fourth-order valence-corrected chi connectivity index (χ4v) is 5.05. The molecule has 0 saturated carbocycles. The van der Waals surface area contributed by atoms with Crippen molar-refractivity contribution < 1.29 is 23.8 Å². The summed E-state index contributed by atoms with van der Waals surface area (Å²) >= 11 is 6.59. The van der Waals surface area contributed by atoms with Gasteiger partial charge in [0.25, 0.3) is 0 Å². The number of carbonyl (C=O) groups excluding carboxylic acids is 2. The van der Waals surface area contributed by atoms with E-state index in [0.29, 0.717) is 48.1 Å². The van der Waals surface area contributed by atoms with Gasteiger partial charge in [0.15, 0.2) is 0 Å². The van der Waals surface area contributed by atoms with Gasteiger partial charge in [-0.3, -0.25) is 9.59 Å². The number of fused-ring (bicyclic) bond motifs is 3. The molecule has 2 aliphatic rings. The van der Waals surface area contributed by atoms with Gasteiger partial charge in [0.2, 0.25) is 5.91 Å². The number of carbonyl (C=O) groups is 2. The van der Waals surface area contributed by atoms with Crippen molar-refractivity contribution in [1.29, 1.82) is 0 Å². The molecule has 1 unspecified atom stereocenters. The van der Waals surface area contributed by atoms with Crippen molar-refractivity contribution in [3.8, 4) is 5.75 Å². The average Bonchev–Trinajstić information content (AvgIpc) is 3.43. The van der Waals surface area contributed by atoms with Crippen LogP contribution in [0, 0.1) is 5.92 Å². The van der Waals surface area contributed by atoms with Crippen LogP contribution >= 0.6 is 11.6 Å². The number of nitrogens with zero attached hydrogens (tertiary/aromatic N) is 1. The Hall–Kier alpha value is -2.31. The predicted molar refractivity (Wildman–Crippen MR) is 139 cm³/mol. The Morgan fingerprint density at radius 1 is 1.29 bits per heavy atom. The fourth-order valence-electron chi connectivity index (χ4n) is 4.73. The van der Waals surface area contributed by atoms with Crippen molar-refractivity contribution in [2.24, 2.45) is 5.92 Å². The van der Waals surface area contributed by atoms with E-state index in [4.69, 9.17) is 25.8 Å².